The van der Waals surface area contributed by atoms with E-state index < -0.39 is 11.8 Å². The number of pyridine rings is 1. The third kappa shape index (κ3) is 4.12. The number of benzene rings is 1. The van der Waals surface area contributed by atoms with Crippen molar-refractivity contribution in [3.8, 4) is 11.3 Å². The van der Waals surface area contributed by atoms with Gasteiger partial charge in [0.05, 0.1) is 17.9 Å². The maximum atomic E-state index is 13.4. The van der Waals surface area contributed by atoms with Gasteiger partial charge in [0, 0.05) is 11.8 Å². The summed E-state index contributed by atoms with van der Waals surface area (Å²) in [6.07, 6.45) is 4.51. The molecule has 0 aliphatic carbocycles. The van der Waals surface area contributed by atoms with Gasteiger partial charge in [-0.25, -0.2) is 9.18 Å². The van der Waals surface area contributed by atoms with Crippen molar-refractivity contribution in [2.24, 2.45) is 0 Å². The Labute approximate surface area is 123 Å². The molecule has 1 heterocycles. The number of carbonyl (C=O) groups is 1. The molecule has 0 fully saturated rings. The van der Waals surface area contributed by atoms with Crippen LogP contribution < -0.4 is 0 Å². The summed E-state index contributed by atoms with van der Waals surface area (Å²) in [5, 5.41) is 0. The van der Waals surface area contributed by atoms with Crippen LogP contribution in [0.2, 0.25) is 0 Å². The number of ether oxygens (including phenoxy) is 1. The van der Waals surface area contributed by atoms with Gasteiger partial charge in [-0.1, -0.05) is 25.8 Å². The Hall–Kier alpha value is -2.23. The lowest BCUT2D eigenvalue weighted by Crippen LogP contribution is -2.09. The second-order valence-corrected chi connectivity index (χ2v) is 4.75. The zero-order chi connectivity index (χ0) is 15.1. The molecular weight excluding hydrogens is 269 g/mol. The summed E-state index contributed by atoms with van der Waals surface area (Å²) in [5.74, 6) is -0.971. The maximum absolute atomic E-state index is 13.4. The van der Waals surface area contributed by atoms with E-state index >= 15 is 0 Å². The molecule has 0 saturated carbocycles. The molecular formula is C17H18FNO2. The van der Waals surface area contributed by atoms with Crippen molar-refractivity contribution < 1.29 is 13.9 Å². The minimum absolute atomic E-state index is 0.213. The van der Waals surface area contributed by atoms with E-state index in [1.807, 2.05) is 6.07 Å². The zero-order valence-corrected chi connectivity index (χ0v) is 12.0. The number of unbranched alkanes of at least 4 members (excludes halogenated alkanes) is 2. The SMILES string of the molecule is CCCCCOC(=O)c1cc(F)ccc1-c1ccccn1. The highest BCUT2D eigenvalue weighted by molar-refractivity contribution is 5.96. The van der Waals surface area contributed by atoms with Crippen molar-refractivity contribution in [2.75, 3.05) is 6.61 Å². The van der Waals surface area contributed by atoms with Gasteiger partial charge < -0.3 is 4.74 Å². The van der Waals surface area contributed by atoms with Gasteiger partial charge in [0.25, 0.3) is 0 Å². The average molecular weight is 287 g/mol. The molecule has 0 N–H and O–H groups in total. The van der Waals surface area contributed by atoms with Gasteiger partial charge in [-0.3, -0.25) is 4.98 Å². The highest BCUT2D eigenvalue weighted by Gasteiger charge is 2.16. The molecule has 4 heteroatoms. The number of hydrogen-bond donors (Lipinski definition) is 0. The van der Waals surface area contributed by atoms with E-state index in [-0.39, 0.29) is 5.56 Å². The second kappa shape index (κ2) is 7.53. The van der Waals surface area contributed by atoms with E-state index in [1.165, 1.54) is 12.1 Å². The van der Waals surface area contributed by atoms with Crippen LogP contribution in [-0.2, 0) is 4.74 Å². The lowest BCUT2D eigenvalue weighted by Gasteiger charge is -2.09. The molecule has 0 bridgehead atoms. The fourth-order valence-corrected chi connectivity index (χ4v) is 2.03. The molecule has 0 unspecified atom stereocenters. The Morgan fingerprint density at radius 2 is 2.10 bits per heavy atom. The van der Waals surface area contributed by atoms with Crippen LogP contribution in [0, 0.1) is 5.82 Å². The summed E-state index contributed by atoms with van der Waals surface area (Å²) in [6, 6.07) is 9.46. The number of halogens is 1. The van der Waals surface area contributed by atoms with Crippen LogP contribution in [0.1, 0.15) is 36.5 Å². The molecule has 3 nitrogen and oxygen atoms in total. The van der Waals surface area contributed by atoms with E-state index in [2.05, 4.69) is 11.9 Å². The highest BCUT2D eigenvalue weighted by Crippen LogP contribution is 2.23. The second-order valence-electron chi connectivity index (χ2n) is 4.75. The van der Waals surface area contributed by atoms with Gasteiger partial charge in [0.1, 0.15) is 5.82 Å². The largest absolute Gasteiger partial charge is 0.462 e. The number of rotatable bonds is 6. The minimum atomic E-state index is -0.508. The molecule has 0 atom stereocenters. The number of carbonyl (C=O) groups excluding carboxylic acids is 1. The van der Waals surface area contributed by atoms with E-state index in [9.17, 15) is 9.18 Å². The summed E-state index contributed by atoms with van der Waals surface area (Å²) in [7, 11) is 0. The quantitative estimate of drug-likeness (QED) is 0.589. The maximum Gasteiger partial charge on any atom is 0.338 e. The van der Waals surface area contributed by atoms with Crippen molar-refractivity contribution in [3.63, 3.8) is 0 Å². The van der Waals surface area contributed by atoms with Gasteiger partial charge in [-0.05, 0) is 36.8 Å². The number of nitrogens with zero attached hydrogens (tertiary/aromatic N) is 1. The van der Waals surface area contributed by atoms with Crippen LogP contribution in [0.5, 0.6) is 0 Å². The molecule has 1 aromatic heterocycles. The van der Waals surface area contributed by atoms with Crippen molar-refractivity contribution in [1.29, 1.82) is 0 Å². The third-order valence-corrected chi connectivity index (χ3v) is 3.12. The van der Waals surface area contributed by atoms with Crippen LogP contribution in [0.4, 0.5) is 4.39 Å². The molecule has 0 aliphatic heterocycles. The van der Waals surface area contributed by atoms with E-state index in [4.69, 9.17) is 4.74 Å². The van der Waals surface area contributed by atoms with Gasteiger partial charge >= 0.3 is 5.97 Å². The summed E-state index contributed by atoms with van der Waals surface area (Å²) >= 11 is 0. The smallest absolute Gasteiger partial charge is 0.338 e. The molecule has 21 heavy (non-hydrogen) atoms. The Morgan fingerprint density at radius 3 is 2.81 bits per heavy atom. The molecule has 0 amide bonds. The molecule has 2 aromatic rings. The summed E-state index contributed by atoms with van der Waals surface area (Å²) < 4.78 is 18.7. The first kappa shape index (κ1) is 15.2. The molecule has 2 rings (SSSR count). The number of esters is 1. The average Bonchev–Trinajstić information content (AvgIpc) is 2.52. The van der Waals surface area contributed by atoms with E-state index in [0.29, 0.717) is 17.9 Å². The first-order chi connectivity index (χ1) is 10.2. The highest BCUT2D eigenvalue weighted by atomic mass is 19.1. The lowest BCUT2D eigenvalue weighted by molar-refractivity contribution is 0.0498. The number of aromatic nitrogens is 1. The van der Waals surface area contributed by atoms with Crippen LogP contribution in [0.25, 0.3) is 11.3 Å². The molecule has 0 radical (unpaired) electrons. The van der Waals surface area contributed by atoms with Gasteiger partial charge in [-0.15, -0.1) is 0 Å². The molecule has 0 aliphatic rings. The lowest BCUT2D eigenvalue weighted by atomic mass is 10.0. The van der Waals surface area contributed by atoms with Crippen LogP contribution in [-0.4, -0.2) is 17.6 Å². The predicted molar refractivity (Wildman–Crippen MR) is 79.4 cm³/mol. The predicted octanol–water partition coefficient (Wildman–Crippen LogP) is 4.23. The van der Waals surface area contributed by atoms with Gasteiger partial charge in [-0.2, -0.15) is 0 Å². The molecule has 1 aromatic carbocycles. The third-order valence-electron chi connectivity index (χ3n) is 3.12. The van der Waals surface area contributed by atoms with Gasteiger partial charge in [0.15, 0.2) is 0 Å². The Kier molecular flexibility index (Phi) is 5.43. The summed E-state index contributed by atoms with van der Waals surface area (Å²) in [6.45, 7) is 2.43. The van der Waals surface area contributed by atoms with E-state index in [0.717, 1.165) is 19.3 Å². The van der Waals surface area contributed by atoms with Gasteiger partial charge in [0.2, 0.25) is 0 Å². The Balaban J connectivity index is 2.21. The fraction of sp³-hybridized carbons (Fsp3) is 0.294. The standard InChI is InChI=1S/C17H18FNO2/c1-2-3-6-11-21-17(20)15-12-13(18)8-9-14(15)16-7-4-5-10-19-16/h4-5,7-10,12H,2-3,6,11H2,1H3. The summed E-state index contributed by atoms with van der Waals surface area (Å²) in [4.78, 5) is 16.3. The molecule has 110 valence electrons. The van der Waals surface area contributed by atoms with Crippen molar-refractivity contribution >= 4 is 5.97 Å². The summed E-state index contributed by atoms with van der Waals surface area (Å²) in [5.41, 5.74) is 1.42. The van der Waals surface area contributed by atoms with Crippen molar-refractivity contribution in [1.82, 2.24) is 4.98 Å². The number of hydrogen-bond acceptors (Lipinski definition) is 3. The normalized spacial score (nSPS) is 10.4. The van der Waals surface area contributed by atoms with Crippen molar-refractivity contribution in [3.05, 3.63) is 54.0 Å². The monoisotopic (exact) mass is 287 g/mol. The first-order valence-corrected chi connectivity index (χ1v) is 7.10. The van der Waals surface area contributed by atoms with Crippen molar-refractivity contribution in [2.45, 2.75) is 26.2 Å². The minimum Gasteiger partial charge on any atom is -0.462 e. The van der Waals surface area contributed by atoms with Crippen LogP contribution >= 0.6 is 0 Å². The molecule has 0 saturated heterocycles. The zero-order valence-electron chi connectivity index (χ0n) is 12.0. The Morgan fingerprint density at radius 1 is 1.24 bits per heavy atom. The Bertz CT molecular complexity index is 599. The first-order valence-electron chi connectivity index (χ1n) is 7.10. The fourth-order valence-electron chi connectivity index (χ4n) is 2.03. The molecule has 0 spiro atoms. The van der Waals surface area contributed by atoms with E-state index in [1.54, 1.807) is 24.4 Å². The topological polar surface area (TPSA) is 39.2 Å². The van der Waals surface area contributed by atoms with Crippen LogP contribution in [0.3, 0.4) is 0 Å². The van der Waals surface area contributed by atoms with Crippen LogP contribution in [0.15, 0.2) is 42.6 Å².